The Morgan fingerprint density at radius 1 is 0.783 bits per heavy atom. The van der Waals surface area contributed by atoms with E-state index in [0.717, 1.165) is 52.1 Å². The molecule has 6 aromatic rings. The summed E-state index contributed by atoms with van der Waals surface area (Å²) in [6.07, 6.45) is 13.5. The van der Waals surface area contributed by atoms with Crippen LogP contribution in [0, 0.1) is 10.8 Å². The molecule has 236 valence electrons. The molecule has 1 amide bonds. The molecule has 0 unspecified atom stereocenters. The van der Waals surface area contributed by atoms with E-state index in [-0.39, 0.29) is 16.7 Å². The van der Waals surface area contributed by atoms with Crippen molar-refractivity contribution in [3.8, 4) is 11.6 Å². The molecule has 0 saturated carbocycles. The van der Waals surface area contributed by atoms with Crippen molar-refractivity contribution >= 4 is 39.3 Å². The topological polar surface area (TPSA) is 142 Å². The van der Waals surface area contributed by atoms with Gasteiger partial charge in [-0.05, 0) is 66.1 Å². The second kappa shape index (κ2) is 12.9. The lowest BCUT2D eigenvalue weighted by Gasteiger charge is -2.17. The number of hydrogen-bond acceptors (Lipinski definition) is 8. The van der Waals surface area contributed by atoms with Gasteiger partial charge in [-0.15, -0.1) is 0 Å². The number of carbonyl (C=O) groups excluding carboxylic acids is 1. The van der Waals surface area contributed by atoms with Crippen LogP contribution in [0.5, 0.6) is 0 Å². The van der Waals surface area contributed by atoms with Crippen molar-refractivity contribution in [2.24, 2.45) is 10.8 Å². The average Bonchev–Trinajstić information content (AvgIpc) is 3.60. The van der Waals surface area contributed by atoms with Gasteiger partial charge in [-0.2, -0.15) is 0 Å². The smallest absolute Gasteiger partial charge is 0.247 e. The van der Waals surface area contributed by atoms with Gasteiger partial charge < -0.3 is 11.1 Å². The van der Waals surface area contributed by atoms with Crippen LogP contribution in [-0.4, -0.2) is 44.9 Å². The molecule has 0 aliphatic heterocycles. The molecule has 3 N–H and O–H groups in total. The summed E-state index contributed by atoms with van der Waals surface area (Å²) in [5.41, 5.74) is 13.0. The zero-order valence-corrected chi connectivity index (χ0v) is 27.2. The third kappa shape index (κ3) is 7.98. The molecule has 11 heteroatoms. The van der Waals surface area contributed by atoms with E-state index in [2.05, 4.69) is 73.4 Å². The fraction of sp³-hybridized carbons (Fsp3) is 0.286. The van der Waals surface area contributed by atoms with E-state index in [9.17, 15) is 4.79 Å². The highest BCUT2D eigenvalue weighted by Gasteiger charge is 2.16. The fourth-order valence-electron chi connectivity index (χ4n) is 4.95. The van der Waals surface area contributed by atoms with Gasteiger partial charge in [0.2, 0.25) is 5.91 Å². The van der Waals surface area contributed by atoms with Crippen LogP contribution >= 0.6 is 0 Å². The van der Waals surface area contributed by atoms with Gasteiger partial charge in [0.15, 0.2) is 11.6 Å². The van der Waals surface area contributed by atoms with Crippen molar-refractivity contribution in [2.75, 3.05) is 11.1 Å². The number of anilines is 2. The first kappa shape index (κ1) is 32.0. The zero-order chi connectivity index (χ0) is 33.1. The number of amides is 1. The summed E-state index contributed by atoms with van der Waals surface area (Å²) in [6, 6.07) is 11.2. The summed E-state index contributed by atoms with van der Waals surface area (Å²) in [5.74, 6) is 1.22. The number of rotatable bonds is 6. The van der Waals surface area contributed by atoms with Crippen molar-refractivity contribution in [2.45, 2.75) is 54.4 Å². The fourth-order valence-corrected chi connectivity index (χ4v) is 4.95. The molecular weight excluding hydrogens is 576 g/mol. The minimum atomic E-state index is -0.252. The normalized spacial score (nSPS) is 11.7. The third-order valence-electron chi connectivity index (χ3n) is 6.83. The Morgan fingerprint density at radius 3 is 1.78 bits per heavy atom. The van der Waals surface area contributed by atoms with Gasteiger partial charge in [-0.25, -0.2) is 19.9 Å². The van der Waals surface area contributed by atoms with Crippen LogP contribution in [0.3, 0.4) is 0 Å². The van der Waals surface area contributed by atoms with E-state index in [1.807, 2.05) is 51.7 Å². The summed E-state index contributed by atoms with van der Waals surface area (Å²) in [6.45, 7) is 16.5. The molecule has 11 nitrogen and oxygen atoms in total. The summed E-state index contributed by atoms with van der Waals surface area (Å²) >= 11 is 0. The number of nitrogens with one attached hydrogen (secondary N) is 1. The molecule has 6 rings (SSSR count). The van der Waals surface area contributed by atoms with E-state index < -0.39 is 0 Å². The van der Waals surface area contributed by atoms with Crippen LogP contribution in [0.2, 0.25) is 0 Å². The van der Waals surface area contributed by atoms with Crippen molar-refractivity contribution in [3.63, 3.8) is 0 Å². The molecule has 4 aromatic heterocycles. The van der Waals surface area contributed by atoms with Gasteiger partial charge >= 0.3 is 0 Å². The molecular formula is C35H40N10O. The minimum absolute atomic E-state index is 0.131. The number of hydrogen-bond donors (Lipinski definition) is 2. The number of nitrogens with two attached hydrogens (primary N) is 1. The SMILES string of the molecule is C=CC(=O)Nc1ccc2ncn(-c3cncc(CC(C)(C)C)n3)c2c1.CC(C)(C)Cc1cncc(-n2cnc3ccc(N)cc32)n1. The first-order valence-corrected chi connectivity index (χ1v) is 15.0. The lowest BCUT2D eigenvalue weighted by atomic mass is 9.91. The summed E-state index contributed by atoms with van der Waals surface area (Å²) in [7, 11) is 0. The number of aromatic nitrogens is 8. The van der Waals surface area contributed by atoms with Crippen molar-refractivity contribution in [1.82, 2.24) is 39.0 Å². The quantitative estimate of drug-likeness (QED) is 0.159. The highest BCUT2D eigenvalue weighted by molar-refractivity contribution is 6.00. The van der Waals surface area contributed by atoms with E-state index in [4.69, 9.17) is 15.7 Å². The molecule has 0 saturated heterocycles. The van der Waals surface area contributed by atoms with Crippen LogP contribution in [-0.2, 0) is 17.6 Å². The molecule has 0 atom stereocenters. The summed E-state index contributed by atoms with van der Waals surface area (Å²) < 4.78 is 3.79. The van der Waals surface area contributed by atoms with Crippen molar-refractivity contribution < 1.29 is 4.79 Å². The van der Waals surface area contributed by atoms with E-state index in [0.29, 0.717) is 17.2 Å². The van der Waals surface area contributed by atoms with Crippen LogP contribution in [0.1, 0.15) is 52.9 Å². The molecule has 4 heterocycles. The lowest BCUT2D eigenvalue weighted by molar-refractivity contribution is -0.111. The molecule has 0 fully saturated rings. The Morgan fingerprint density at radius 2 is 1.28 bits per heavy atom. The largest absolute Gasteiger partial charge is 0.399 e. The van der Waals surface area contributed by atoms with Gasteiger partial charge in [0.25, 0.3) is 0 Å². The average molecular weight is 617 g/mol. The van der Waals surface area contributed by atoms with Crippen LogP contribution in [0.15, 0.2) is 86.5 Å². The molecule has 0 spiro atoms. The lowest BCUT2D eigenvalue weighted by Crippen LogP contribution is -2.12. The number of fused-ring (bicyclic) bond motifs is 2. The maximum absolute atomic E-state index is 11.5. The van der Waals surface area contributed by atoms with Gasteiger partial charge in [-0.1, -0.05) is 48.1 Å². The van der Waals surface area contributed by atoms with E-state index in [1.165, 1.54) is 6.08 Å². The van der Waals surface area contributed by atoms with Gasteiger partial charge in [0.1, 0.15) is 12.7 Å². The number of nitrogen functional groups attached to an aromatic ring is 1. The van der Waals surface area contributed by atoms with Crippen LogP contribution < -0.4 is 11.1 Å². The first-order valence-electron chi connectivity index (χ1n) is 15.0. The highest BCUT2D eigenvalue weighted by atomic mass is 16.1. The van der Waals surface area contributed by atoms with Crippen molar-refractivity contribution in [1.29, 1.82) is 0 Å². The summed E-state index contributed by atoms with van der Waals surface area (Å²) in [5, 5.41) is 2.76. The molecule has 0 aliphatic rings. The molecule has 0 radical (unpaired) electrons. The number of carbonyl (C=O) groups is 1. The van der Waals surface area contributed by atoms with Crippen LogP contribution in [0.25, 0.3) is 33.7 Å². The predicted molar refractivity (Wildman–Crippen MR) is 183 cm³/mol. The Kier molecular flexibility index (Phi) is 8.95. The Labute approximate surface area is 268 Å². The Hall–Kier alpha value is -5.45. The van der Waals surface area contributed by atoms with Crippen molar-refractivity contribution in [3.05, 3.63) is 97.9 Å². The maximum atomic E-state index is 11.5. The zero-order valence-electron chi connectivity index (χ0n) is 27.2. The molecule has 2 aromatic carbocycles. The molecule has 0 aliphatic carbocycles. The van der Waals surface area contributed by atoms with Gasteiger partial charge in [0.05, 0.1) is 45.8 Å². The molecule has 46 heavy (non-hydrogen) atoms. The van der Waals surface area contributed by atoms with E-state index >= 15 is 0 Å². The standard InChI is InChI=1S/C19H21N5O.C16H19N5/c1-5-18(25)23-13-6-7-15-16(8-13)24(12-21-15)17-11-20-10-14(22-17)9-19(2,3)4;1-16(2,3)7-12-8-18-9-15(20-12)21-10-19-13-5-4-11(17)6-14(13)21/h5-8,10-12H,1,9H2,2-4H3,(H,23,25);4-6,8-10H,7,17H2,1-3H3. The number of nitrogens with zero attached hydrogens (tertiary/aromatic N) is 8. The minimum Gasteiger partial charge on any atom is -0.399 e. The third-order valence-corrected chi connectivity index (χ3v) is 6.83. The second-order valence-corrected chi connectivity index (χ2v) is 13.6. The predicted octanol–water partition coefficient (Wildman–Crippen LogP) is 6.51. The Bertz CT molecular complexity index is 2010. The number of benzene rings is 2. The first-order chi connectivity index (χ1) is 21.8. The number of imidazole rings is 2. The van der Waals surface area contributed by atoms with Crippen LogP contribution in [0.4, 0.5) is 11.4 Å². The van der Waals surface area contributed by atoms with E-state index in [1.54, 1.807) is 31.2 Å². The Balaban J connectivity index is 0.000000184. The molecule has 0 bridgehead atoms. The highest BCUT2D eigenvalue weighted by Crippen LogP contribution is 2.24. The van der Waals surface area contributed by atoms with Gasteiger partial charge in [0, 0.05) is 23.8 Å². The second-order valence-electron chi connectivity index (χ2n) is 13.6. The van der Waals surface area contributed by atoms with Gasteiger partial charge in [-0.3, -0.25) is 23.9 Å². The monoisotopic (exact) mass is 616 g/mol. The summed E-state index contributed by atoms with van der Waals surface area (Å²) in [4.78, 5) is 38.3. The maximum Gasteiger partial charge on any atom is 0.247 e.